The fourth-order valence-corrected chi connectivity index (χ4v) is 2.71. The summed E-state index contributed by atoms with van der Waals surface area (Å²) in [6.45, 7) is 4.25. The van der Waals surface area contributed by atoms with Crippen molar-refractivity contribution in [3.05, 3.63) is 24.4 Å². The van der Waals surface area contributed by atoms with Gasteiger partial charge in [0.25, 0.3) is 0 Å². The summed E-state index contributed by atoms with van der Waals surface area (Å²) in [5, 5.41) is 3.68. The summed E-state index contributed by atoms with van der Waals surface area (Å²) in [7, 11) is 1.77. The topological polar surface area (TPSA) is 37.4 Å². The van der Waals surface area contributed by atoms with Crippen molar-refractivity contribution in [2.45, 2.75) is 38.1 Å². The smallest absolute Gasteiger partial charge is 0.128 e. The summed E-state index contributed by atoms with van der Waals surface area (Å²) in [5.41, 5.74) is 0. The van der Waals surface area contributed by atoms with Gasteiger partial charge in [-0.15, -0.1) is 0 Å². The molecule has 1 fully saturated rings. The van der Waals surface area contributed by atoms with Crippen LogP contribution in [0.1, 0.15) is 32.1 Å². The van der Waals surface area contributed by atoms with E-state index in [1.807, 2.05) is 12.3 Å². The number of hydrogen-bond donors (Lipinski definition) is 1. The Morgan fingerprint density at radius 2 is 2.10 bits per heavy atom. The molecule has 1 N–H and O–H groups in total. The number of aromatic nitrogens is 1. The van der Waals surface area contributed by atoms with Crippen molar-refractivity contribution in [1.82, 2.24) is 10.3 Å². The maximum atomic E-state index is 5.06. The number of methoxy groups -OCH3 is 1. The highest BCUT2D eigenvalue weighted by Gasteiger charge is 2.19. The molecule has 1 aromatic rings. The predicted octanol–water partition coefficient (Wildman–Crippen LogP) is 2.46. The third kappa shape index (κ3) is 5.10. The molecule has 0 aromatic carbocycles. The highest BCUT2D eigenvalue weighted by molar-refractivity contribution is 5.38. The van der Waals surface area contributed by atoms with Crippen LogP contribution < -0.4 is 10.2 Å². The Morgan fingerprint density at radius 3 is 2.80 bits per heavy atom. The molecule has 0 spiro atoms. The summed E-state index contributed by atoms with van der Waals surface area (Å²) in [6.07, 6.45) is 8.00. The van der Waals surface area contributed by atoms with Gasteiger partial charge in [-0.2, -0.15) is 0 Å². The average molecular weight is 277 g/mol. The Kier molecular flexibility index (Phi) is 6.81. The Labute approximate surface area is 122 Å². The van der Waals surface area contributed by atoms with Gasteiger partial charge in [-0.3, -0.25) is 0 Å². The van der Waals surface area contributed by atoms with Crippen LogP contribution in [0.3, 0.4) is 0 Å². The molecule has 0 amide bonds. The molecule has 112 valence electrons. The molecule has 0 bridgehead atoms. The molecule has 1 saturated heterocycles. The maximum absolute atomic E-state index is 5.06. The van der Waals surface area contributed by atoms with Crippen molar-refractivity contribution in [3.8, 4) is 0 Å². The minimum atomic E-state index is 0.678. The lowest BCUT2D eigenvalue weighted by atomic mass is 10.0. The predicted molar refractivity (Wildman–Crippen MR) is 83.2 cm³/mol. The van der Waals surface area contributed by atoms with Crippen LogP contribution in [0.25, 0.3) is 0 Å². The largest absolute Gasteiger partial charge is 0.385 e. The lowest BCUT2D eigenvalue weighted by Crippen LogP contribution is -2.43. The van der Waals surface area contributed by atoms with E-state index in [-0.39, 0.29) is 0 Å². The maximum Gasteiger partial charge on any atom is 0.128 e. The van der Waals surface area contributed by atoms with Gasteiger partial charge < -0.3 is 15.0 Å². The summed E-state index contributed by atoms with van der Waals surface area (Å²) >= 11 is 0. The van der Waals surface area contributed by atoms with Crippen LogP contribution in [0, 0.1) is 0 Å². The number of anilines is 1. The SMILES string of the molecule is COCCCCCNC1CCN(c2ccccn2)CC1. The molecule has 0 radical (unpaired) electrons. The molecule has 0 atom stereocenters. The molecule has 20 heavy (non-hydrogen) atoms. The van der Waals surface area contributed by atoms with E-state index in [9.17, 15) is 0 Å². The summed E-state index contributed by atoms with van der Waals surface area (Å²) in [6, 6.07) is 6.81. The Bertz CT molecular complexity index is 350. The molecule has 2 rings (SSSR count). The number of piperidine rings is 1. The van der Waals surface area contributed by atoms with Crippen LogP contribution >= 0.6 is 0 Å². The summed E-state index contributed by atoms with van der Waals surface area (Å²) in [5.74, 6) is 1.12. The van der Waals surface area contributed by atoms with Crippen molar-refractivity contribution in [2.75, 3.05) is 38.3 Å². The molecule has 0 unspecified atom stereocenters. The average Bonchev–Trinajstić information content (AvgIpc) is 2.52. The van der Waals surface area contributed by atoms with Gasteiger partial charge in [0.2, 0.25) is 0 Å². The zero-order valence-corrected chi connectivity index (χ0v) is 12.6. The van der Waals surface area contributed by atoms with Crippen LogP contribution in [0.5, 0.6) is 0 Å². The molecular formula is C16H27N3O. The van der Waals surface area contributed by atoms with Crippen LogP contribution in [0.4, 0.5) is 5.82 Å². The van der Waals surface area contributed by atoms with E-state index in [1.165, 1.54) is 32.1 Å². The second-order valence-corrected chi connectivity index (χ2v) is 5.46. The van der Waals surface area contributed by atoms with E-state index in [2.05, 4.69) is 27.3 Å². The Balaban J connectivity index is 1.58. The standard InChI is InChI=1S/C16H27N3O/c1-20-14-6-2-4-10-17-15-8-12-19(13-9-15)16-7-3-5-11-18-16/h3,5,7,11,15,17H,2,4,6,8-10,12-14H2,1H3. The number of pyridine rings is 1. The number of hydrogen-bond acceptors (Lipinski definition) is 4. The van der Waals surface area contributed by atoms with Gasteiger partial charge in [0.05, 0.1) is 0 Å². The molecule has 1 aromatic heterocycles. The Hall–Kier alpha value is -1.13. The fraction of sp³-hybridized carbons (Fsp3) is 0.688. The normalized spacial score (nSPS) is 16.6. The van der Waals surface area contributed by atoms with E-state index in [1.54, 1.807) is 7.11 Å². The van der Waals surface area contributed by atoms with Crippen molar-refractivity contribution in [1.29, 1.82) is 0 Å². The monoisotopic (exact) mass is 277 g/mol. The van der Waals surface area contributed by atoms with E-state index >= 15 is 0 Å². The second kappa shape index (κ2) is 8.93. The minimum absolute atomic E-state index is 0.678. The lowest BCUT2D eigenvalue weighted by molar-refractivity contribution is 0.192. The van der Waals surface area contributed by atoms with E-state index in [4.69, 9.17) is 4.74 Å². The van der Waals surface area contributed by atoms with E-state index < -0.39 is 0 Å². The first-order valence-electron chi connectivity index (χ1n) is 7.78. The molecule has 1 aliphatic heterocycles. The first-order valence-corrected chi connectivity index (χ1v) is 7.78. The Morgan fingerprint density at radius 1 is 1.25 bits per heavy atom. The number of nitrogens with one attached hydrogen (secondary N) is 1. The molecule has 4 nitrogen and oxygen atoms in total. The van der Waals surface area contributed by atoms with Crippen molar-refractivity contribution in [2.24, 2.45) is 0 Å². The zero-order chi connectivity index (χ0) is 14.0. The van der Waals surface area contributed by atoms with Gasteiger partial charge in [0.1, 0.15) is 5.82 Å². The number of unbranched alkanes of at least 4 members (excludes halogenated alkanes) is 2. The first kappa shape index (κ1) is 15.3. The first-order chi connectivity index (χ1) is 9.90. The zero-order valence-electron chi connectivity index (χ0n) is 12.6. The molecule has 4 heteroatoms. The fourth-order valence-electron chi connectivity index (χ4n) is 2.71. The highest BCUT2D eigenvalue weighted by Crippen LogP contribution is 2.17. The van der Waals surface area contributed by atoms with Gasteiger partial charge in [-0.1, -0.05) is 6.07 Å². The molecular weight excluding hydrogens is 250 g/mol. The van der Waals surface area contributed by atoms with Crippen molar-refractivity contribution >= 4 is 5.82 Å². The van der Waals surface area contributed by atoms with Gasteiger partial charge in [-0.05, 0) is 50.8 Å². The van der Waals surface area contributed by atoms with Crippen LogP contribution in [-0.2, 0) is 4.74 Å². The number of rotatable bonds is 8. The van der Waals surface area contributed by atoms with Gasteiger partial charge in [0, 0.05) is 39.0 Å². The van der Waals surface area contributed by atoms with Gasteiger partial charge >= 0.3 is 0 Å². The quantitative estimate of drug-likeness (QED) is 0.741. The summed E-state index contributed by atoms with van der Waals surface area (Å²) < 4.78 is 5.06. The van der Waals surface area contributed by atoms with Gasteiger partial charge in [-0.25, -0.2) is 4.98 Å². The molecule has 1 aliphatic rings. The van der Waals surface area contributed by atoms with Crippen LogP contribution in [-0.4, -0.2) is 44.4 Å². The second-order valence-electron chi connectivity index (χ2n) is 5.46. The van der Waals surface area contributed by atoms with Gasteiger partial charge in [0.15, 0.2) is 0 Å². The number of ether oxygens (including phenoxy) is 1. The lowest BCUT2D eigenvalue weighted by Gasteiger charge is -2.33. The van der Waals surface area contributed by atoms with E-state index in [0.29, 0.717) is 6.04 Å². The van der Waals surface area contributed by atoms with Crippen LogP contribution in [0.2, 0.25) is 0 Å². The highest BCUT2D eigenvalue weighted by atomic mass is 16.5. The van der Waals surface area contributed by atoms with Crippen LogP contribution in [0.15, 0.2) is 24.4 Å². The molecule has 2 heterocycles. The summed E-state index contributed by atoms with van der Waals surface area (Å²) in [4.78, 5) is 6.81. The third-order valence-corrected chi connectivity index (χ3v) is 3.93. The minimum Gasteiger partial charge on any atom is -0.385 e. The van der Waals surface area contributed by atoms with Crippen molar-refractivity contribution in [3.63, 3.8) is 0 Å². The molecule has 0 saturated carbocycles. The molecule has 0 aliphatic carbocycles. The van der Waals surface area contributed by atoms with E-state index in [0.717, 1.165) is 32.1 Å². The number of nitrogens with zero attached hydrogens (tertiary/aromatic N) is 2. The van der Waals surface area contributed by atoms with Crippen molar-refractivity contribution < 1.29 is 4.74 Å². The third-order valence-electron chi connectivity index (χ3n) is 3.93.